The molecule has 2 rings (SSSR count). The minimum Gasteiger partial charge on any atom is -0.307 e. The number of hydrogen-bond acceptors (Lipinski definition) is 2. The van der Waals surface area contributed by atoms with Crippen LogP contribution in [0.2, 0.25) is 0 Å². The van der Waals surface area contributed by atoms with E-state index in [0.29, 0.717) is 17.5 Å². The van der Waals surface area contributed by atoms with Gasteiger partial charge in [0.2, 0.25) is 0 Å². The second-order valence-electron chi connectivity index (χ2n) is 5.05. The zero-order valence-electron chi connectivity index (χ0n) is 9.83. The maximum absolute atomic E-state index is 4.15. The van der Waals surface area contributed by atoms with Crippen molar-refractivity contribution in [2.45, 2.75) is 45.7 Å². The van der Waals surface area contributed by atoms with Crippen molar-refractivity contribution in [3.63, 3.8) is 0 Å². The van der Waals surface area contributed by atoms with Gasteiger partial charge in [-0.25, -0.2) is 0 Å². The topological polar surface area (TPSA) is 24.9 Å². The van der Waals surface area contributed by atoms with E-state index in [9.17, 15) is 0 Å². The first-order valence-electron chi connectivity index (χ1n) is 5.78. The molecule has 0 spiro atoms. The van der Waals surface area contributed by atoms with Gasteiger partial charge in [-0.05, 0) is 43.7 Å². The standard InChI is InChI=1S/C13H20N2/c1-10(12-5-4-8-14-9-12)15-11(2)13(3)6-7-13/h4-5,8-11,15H,6-7H2,1-3H3/t10-,11?/m0/s1. The predicted molar refractivity (Wildman–Crippen MR) is 62.6 cm³/mol. The van der Waals surface area contributed by atoms with Crippen molar-refractivity contribution in [2.24, 2.45) is 5.41 Å². The third-order valence-corrected chi connectivity index (χ3v) is 3.77. The highest BCUT2D eigenvalue weighted by Gasteiger charge is 2.42. The van der Waals surface area contributed by atoms with Gasteiger partial charge in [-0.1, -0.05) is 13.0 Å². The van der Waals surface area contributed by atoms with Crippen LogP contribution >= 0.6 is 0 Å². The molecule has 15 heavy (non-hydrogen) atoms. The van der Waals surface area contributed by atoms with E-state index in [1.54, 1.807) is 0 Å². The van der Waals surface area contributed by atoms with Crippen molar-refractivity contribution in [1.82, 2.24) is 10.3 Å². The van der Waals surface area contributed by atoms with Crippen LogP contribution in [0.1, 0.15) is 45.2 Å². The van der Waals surface area contributed by atoms with E-state index in [-0.39, 0.29) is 0 Å². The number of aromatic nitrogens is 1. The Morgan fingerprint density at radius 1 is 1.40 bits per heavy atom. The van der Waals surface area contributed by atoms with Gasteiger partial charge in [0.25, 0.3) is 0 Å². The molecule has 0 amide bonds. The van der Waals surface area contributed by atoms with E-state index in [1.165, 1.54) is 18.4 Å². The first-order chi connectivity index (χ1) is 7.12. The van der Waals surface area contributed by atoms with Crippen LogP contribution < -0.4 is 5.32 Å². The van der Waals surface area contributed by atoms with Crippen LogP contribution in [0.5, 0.6) is 0 Å². The minimum atomic E-state index is 0.395. The fourth-order valence-corrected chi connectivity index (χ4v) is 1.93. The summed E-state index contributed by atoms with van der Waals surface area (Å²) >= 11 is 0. The summed E-state index contributed by atoms with van der Waals surface area (Å²) in [5.41, 5.74) is 1.81. The quantitative estimate of drug-likeness (QED) is 0.815. The molecule has 1 heterocycles. The number of rotatable bonds is 4. The summed E-state index contributed by atoms with van der Waals surface area (Å²) in [6.45, 7) is 6.86. The summed E-state index contributed by atoms with van der Waals surface area (Å²) in [5, 5.41) is 3.66. The molecule has 1 aromatic heterocycles. The highest BCUT2D eigenvalue weighted by Crippen LogP contribution is 2.48. The molecule has 1 unspecified atom stereocenters. The molecule has 82 valence electrons. The van der Waals surface area contributed by atoms with Gasteiger partial charge in [0, 0.05) is 24.5 Å². The monoisotopic (exact) mass is 204 g/mol. The van der Waals surface area contributed by atoms with E-state index in [1.807, 2.05) is 18.5 Å². The summed E-state index contributed by atoms with van der Waals surface area (Å²) in [6, 6.07) is 5.11. The van der Waals surface area contributed by atoms with Crippen molar-refractivity contribution in [3.05, 3.63) is 30.1 Å². The molecule has 0 bridgehead atoms. The average Bonchev–Trinajstić information content (AvgIpc) is 2.99. The van der Waals surface area contributed by atoms with Crippen LogP contribution in [0, 0.1) is 5.41 Å². The summed E-state index contributed by atoms with van der Waals surface area (Å²) in [4.78, 5) is 4.15. The average molecular weight is 204 g/mol. The largest absolute Gasteiger partial charge is 0.307 e. The molecule has 1 aliphatic rings. The van der Waals surface area contributed by atoms with E-state index in [2.05, 4.69) is 37.1 Å². The lowest BCUT2D eigenvalue weighted by Crippen LogP contribution is -2.35. The lowest BCUT2D eigenvalue weighted by Gasteiger charge is -2.25. The second-order valence-corrected chi connectivity index (χ2v) is 5.05. The van der Waals surface area contributed by atoms with Gasteiger partial charge in [0.15, 0.2) is 0 Å². The summed E-state index contributed by atoms with van der Waals surface area (Å²) < 4.78 is 0. The van der Waals surface area contributed by atoms with Crippen LogP contribution in [0.25, 0.3) is 0 Å². The molecular weight excluding hydrogens is 184 g/mol. The third kappa shape index (κ3) is 2.37. The molecular formula is C13H20N2. The Labute approximate surface area is 92.1 Å². The van der Waals surface area contributed by atoms with Crippen molar-refractivity contribution in [3.8, 4) is 0 Å². The Hall–Kier alpha value is -0.890. The van der Waals surface area contributed by atoms with E-state index in [4.69, 9.17) is 0 Å². The zero-order chi connectivity index (χ0) is 10.9. The van der Waals surface area contributed by atoms with Crippen molar-refractivity contribution < 1.29 is 0 Å². The Balaban J connectivity index is 1.95. The van der Waals surface area contributed by atoms with Gasteiger partial charge in [0.05, 0.1) is 0 Å². The van der Waals surface area contributed by atoms with Gasteiger partial charge in [-0.3, -0.25) is 4.98 Å². The molecule has 2 atom stereocenters. The van der Waals surface area contributed by atoms with Crippen LogP contribution in [0.3, 0.4) is 0 Å². The molecule has 1 aromatic rings. The first kappa shape index (κ1) is 10.6. The number of hydrogen-bond donors (Lipinski definition) is 1. The SMILES string of the molecule is CC(N[C@@H](C)c1cccnc1)C1(C)CC1. The molecule has 0 aliphatic heterocycles. The van der Waals surface area contributed by atoms with Crippen LogP contribution in [-0.2, 0) is 0 Å². The van der Waals surface area contributed by atoms with Crippen molar-refractivity contribution >= 4 is 0 Å². The van der Waals surface area contributed by atoms with Gasteiger partial charge in [0.1, 0.15) is 0 Å². The van der Waals surface area contributed by atoms with E-state index >= 15 is 0 Å². The number of nitrogens with one attached hydrogen (secondary N) is 1. The van der Waals surface area contributed by atoms with E-state index in [0.717, 1.165) is 0 Å². The smallest absolute Gasteiger partial charge is 0.0315 e. The second kappa shape index (κ2) is 3.93. The van der Waals surface area contributed by atoms with Gasteiger partial charge < -0.3 is 5.32 Å². The molecule has 1 N–H and O–H groups in total. The minimum absolute atomic E-state index is 0.395. The fourth-order valence-electron chi connectivity index (χ4n) is 1.93. The van der Waals surface area contributed by atoms with Crippen molar-refractivity contribution in [2.75, 3.05) is 0 Å². The maximum atomic E-state index is 4.15. The molecule has 1 saturated carbocycles. The normalized spacial score (nSPS) is 22.1. The first-order valence-corrected chi connectivity index (χ1v) is 5.78. The molecule has 1 aliphatic carbocycles. The Morgan fingerprint density at radius 3 is 2.67 bits per heavy atom. The number of pyridine rings is 1. The molecule has 2 heteroatoms. The summed E-state index contributed by atoms with van der Waals surface area (Å²) in [5.74, 6) is 0. The van der Waals surface area contributed by atoms with Gasteiger partial charge in [-0.15, -0.1) is 0 Å². The Kier molecular flexibility index (Phi) is 2.79. The third-order valence-electron chi connectivity index (χ3n) is 3.77. The molecule has 0 aromatic carbocycles. The van der Waals surface area contributed by atoms with Crippen LogP contribution in [0.15, 0.2) is 24.5 Å². The highest BCUT2D eigenvalue weighted by atomic mass is 15.0. The van der Waals surface area contributed by atoms with Gasteiger partial charge in [-0.2, -0.15) is 0 Å². The molecule has 1 fully saturated rings. The summed E-state index contributed by atoms with van der Waals surface area (Å²) in [7, 11) is 0. The highest BCUT2D eigenvalue weighted by molar-refractivity contribution is 5.13. The Bertz CT molecular complexity index is 317. The van der Waals surface area contributed by atoms with Gasteiger partial charge >= 0.3 is 0 Å². The zero-order valence-corrected chi connectivity index (χ0v) is 9.83. The molecule has 0 saturated heterocycles. The maximum Gasteiger partial charge on any atom is 0.0315 e. The fraction of sp³-hybridized carbons (Fsp3) is 0.615. The van der Waals surface area contributed by atoms with Crippen LogP contribution in [-0.4, -0.2) is 11.0 Å². The Morgan fingerprint density at radius 2 is 2.13 bits per heavy atom. The summed E-state index contributed by atoms with van der Waals surface area (Å²) in [6.07, 6.45) is 6.49. The van der Waals surface area contributed by atoms with E-state index < -0.39 is 0 Å². The number of nitrogens with zero attached hydrogens (tertiary/aromatic N) is 1. The molecule has 0 radical (unpaired) electrons. The molecule has 2 nitrogen and oxygen atoms in total. The lowest BCUT2D eigenvalue weighted by atomic mass is 9.99. The van der Waals surface area contributed by atoms with Crippen molar-refractivity contribution in [1.29, 1.82) is 0 Å². The van der Waals surface area contributed by atoms with Crippen LogP contribution in [0.4, 0.5) is 0 Å². The predicted octanol–water partition coefficient (Wildman–Crippen LogP) is 2.92. The lowest BCUT2D eigenvalue weighted by molar-refractivity contribution is 0.350.